The molecule has 0 amide bonds. The van der Waals surface area contributed by atoms with Crippen LogP contribution in [0.25, 0.3) is 0 Å². The number of carboxylic acid groups (broad SMARTS) is 1. The van der Waals surface area contributed by atoms with Crippen molar-refractivity contribution in [2.24, 2.45) is 0 Å². The summed E-state index contributed by atoms with van der Waals surface area (Å²) in [6, 6.07) is 0. The third-order valence-corrected chi connectivity index (χ3v) is 2.06. The first kappa shape index (κ1) is 9.00. The van der Waals surface area contributed by atoms with Gasteiger partial charge in [-0.15, -0.1) is 0 Å². The molecule has 0 fully saturated rings. The summed E-state index contributed by atoms with van der Waals surface area (Å²) in [4.78, 5) is 14.5. The van der Waals surface area contributed by atoms with E-state index >= 15 is 0 Å². The number of rotatable bonds is 1. The van der Waals surface area contributed by atoms with Crippen LogP contribution < -0.4 is 0 Å². The number of nitrogens with zero attached hydrogens (tertiary/aromatic N) is 1. The average Bonchev–Trinajstić information content (AvgIpc) is 1.97. The van der Waals surface area contributed by atoms with Gasteiger partial charge in [0.25, 0.3) is 0 Å². The number of carbonyl (C=O) groups is 1. The van der Waals surface area contributed by atoms with Crippen molar-refractivity contribution in [2.45, 2.75) is 13.8 Å². The van der Waals surface area contributed by atoms with Gasteiger partial charge in [0.15, 0.2) is 0 Å². The van der Waals surface area contributed by atoms with Crippen molar-refractivity contribution in [1.82, 2.24) is 4.98 Å². The lowest BCUT2D eigenvalue weighted by Crippen LogP contribution is -2.04. The molecule has 0 spiro atoms. The number of aromatic carboxylic acids is 1. The van der Waals surface area contributed by atoms with E-state index in [1.807, 2.05) is 0 Å². The van der Waals surface area contributed by atoms with Gasteiger partial charge in [-0.25, -0.2) is 4.79 Å². The van der Waals surface area contributed by atoms with E-state index in [0.717, 1.165) is 0 Å². The lowest BCUT2D eigenvalue weighted by atomic mass is 10.1. The van der Waals surface area contributed by atoms with E-state index in [9.17, 15) is 4.79 Å². The Kier molecular flexibility index (Phi) is 2.33. The standard InChI is InChI=1S/C8H8ClNO2/c1-4-6(9)3-10-5(2)7(4)8(11)12/h3H,1-2H3,(H,11,12). The lowest BCUT2D eigenvalue weighted by molar-refractivity contribution is 0.0695. The molecule has 0 aliphatic carbocycles. The van der Waals surface area contributed by atoms with Gasteiger partial charge in [0.2, 0.25) is 0 Å². The molecule has 0 unspecified atom stereocenters. The maximum atomic E-state index is 10.7. The van der Waals surface area contributed by atoms with Crippen LogP contribution in [0.15, 0.2) is 6.20 Å². The zero-order valence-corrected chi connectivity index (χ0v) is 7.51. The molecule has 0 bridgehead atoms. The van der Waals surface area contributed by atoms with E-state index in [1.54, 1.807) is 13.8 Å². The molecule has 1 aromatic heterocycles. The molecular weight excluding hydrogens is 178 g/mol. The number of hydrogen-bond acceptors (Lipinski definition) is 2. The smallest absolute Gasteiger partial charge is 0.337 e. The number of carboxylic acids is 1. The molecule has 0 saturated heterocycles. The Morgan fingerprint density at radius 2 is 2.17 bits per heavy atom. The molecule has 0 radical (unpaired) electrons. The van der Waals surface area contributed by atoms with Crippen LogP contribution in [0.2, 0.25) is 5.02 Å². The van der Waals surface area contributed by atoms with Crippen LogP contribution in [0, 0.1) is 13.8 Å². The summed E-state index contributed by atoms with van der Waals surface area (Å²) in [7, 11) is 0. The molecule has 0 atom stereocenters. The average molecular weight is 186 g/mol. The van der Waals surface area contributed by atoms with Gasteiger partial charge in [0.1, 0.15) is 0 Å². The quantitative estimate of drug-likeness (QED) is 0.729. The van der Waals surface area contributed by atoms with Crippen LogP contribution in [-0.2, 0) is 0 Å². The largest absolute Gasteiger partial charge is 0.478 e. The van der Waals surface area contributed by atoms with Gasteiger partial charge in [-0.2, -0.15) is 0 Å². The normalized spacial score (nSPS) is 9.92. The van der Waals surface area contributed by atoms with Crippen LogP contribution in [0.5, 0.6) is 0 Å². The van der Waals surface area contributed by atoms with E-state index in [1.165, 1.54) is 6.20 Å². The Balaban J connectivity index is 3.43. The predicted molar refractivity (Wildman–Crippen MR) is 45.7 cm³/mol. The Morgan fingerprint density at radius 3 is 2.58 bits per heavy atom. The lowest BCUT2D eigenvalue weighted by Gasteiger charge is -2.04. The van der Waals surface area contributed by atoms with Gasteiger partial charge < -0.3 is 5.11 Å². The van der Waals surface area contributed by atoms with Crippen molar-refractivity contribution in [3.05, 3.63) is 28.0 Å². The van der Waals surface area contributed by atoms with Crippen LogP contribution in [0.1, 0.15) is 21.6 Å². The fourth-order valence-corrected chi connectivity index (χ4v) is 1.16. The van der Waals surface area contributed by atoms with Crippen molar-refractivity contribution in [1.29, 1.82) is 0 Å². The molecule has 1 N–H and O–H groups in total. The first-order chi connectivity index (χ1) is 5.54. The van der Waals surface area contributed by atoms with E-state index in [2.05, 4.69) is 4.98 Å². The van der Waals surface area contributed by atoms with Gasteiger partial charge >= 0.3 is 5.97 Å². The predicted octanol–water partition coefficient (Wildman–Crippen LogP) is 2.05. The van der Waals surface area contributed by atoms with Crippen molar-refractivity contribution >= 4 is 17.6 Å². The zero-order valence-electron chi connectivity index (χ0n) is 6.76. The fourth-order valence-electron chi connectivity index (χ4n) is 1.02. The first-order valence-electron chi connectivity index (χ1n) is 3.39. The molecule has 0 saturated carbocycles. The number of halogens is 1. The first-order valence-corrected chi connectivity index (χ1v) is 3.77. The SMILES string of the molecule is Cc1ncc(Cl)c(C)c1C(=O)O. The molecule has 0 aliphatic rings. The topological polar surface area (TPSA) is 50.2 Å². The van der Waals surface area contributed by atoms with Gasteiger partial charge in [0.05, 0.1) is 16.3 Å². The number of pyridine rings is 1. The summed E-state index contributed by atoms with van der Waals surface area (Å²) in [5, 5.41) is 9.16. The fraction of sp³-hybridized carbons (Fsp3) is 0.250. The molecule has 4 heteroatoms. The van der Waals surface area contributed by atoms with Crippen molar-refractivity contribution < 1.29 is 9.90 Å². The molecule has 12 heavy (non-hydrogen) atoms. The molecule has 64 valence electrons. The second-order valence-electron chi connectivity index (χ2n) is 2.50. The van der Waals surface area contributed by atoms with E-state index in [-0.39, 0.29) is 5.56 Å². The second-order valence-corrected chi connectivity index (χ2v) is 2.90. The third-order valence-electron chi connectivity index (χ3n) is 1.68. The van der Waals surface area contributed by atoms with Crippen LogP contribution in [-0.4, -0.2) is 16.1 Å². The summed E-state index contributed by atoms with van der Waals surface area (Å²) >= 11 is 5.70. The van der Waals surface area contributed by atoms with Gasteiger partial charge in [-0.1, -0.05) is 11.6 Å². The Hall–Kier alpha value is -1.09. The summed E-state index contributed by atoms with van der Waals surface area (Å²) in [6.45, 7) is 3.31. The Morgan fingerprint density at radius 1 is 1.58 bits per heavy atom. The Bertz CT molecular complexity index is 336. The molecule has 1 aromatic rings. The van der Waals surface area contributed by atoms with E-state index < -0.39 is 5.97 Å². The monoisotopic (exact) mass is 185 g/mol. The summed E-state index contributed by atoms with van der Waals surface area (Å²) in [5.41, 5.74) is 1.25. The van der Waals surface area contributed by atoms with Crippen molar-refractivity contribution in [2.75, 3.05) is 0 Å². The molecule has 0 aliphatic heterocycles. The number of aryl methyl sites for hydroxylation is 1. The van der Waals surface area contributed by atoms with Crippen LogP contribution in [0.3, 0.4) is 0 Å². The summed E-state index contributed by atoms with van der Waals surface area (Å²) in [5.74, 6) is -0.986. The molecule has 1 heterocycles. The summed E-state index contributed by atoms with van der Waals surface area (Å²) in [6.07, 6.45) is 1.46. The minimum absolute atomic E-state index is 0.197. The highest BCUT2D eigenvalue weighted by Gasteiger charge is 2.13. The van der Waals surface area contributed by atoms with Crippen LogP contribution >= 0.6 is 11.6 Å². The van der Waals surface area contributed by atoms with E-state index in [0.29, 0.717) is 16.3 Å². The minimum atomic E-state index is -0.986. The second kappa shape index (κ2) is 3.11. The van der Waals surface area contributed by atoms with Crippen molar-refractivity contribution in [3.8, 4) is 0 Å². The molecule has 0 aromatic carbocycles. The highest BCUT2D eigenvalue weighted by molar-refractivity contribution is 6.31. The maximum Gasteiger partial charge on any atom is 0.337 e. The van der Waals surface area contributed by atoms with Gasteiger partial charge in [-0.3, -0.25) is 4.98 Å². The zero-order chi connectivity index (χ0) is 9.30. The molecule has 1 rings (SSSR count). The Labute approximate surface area is 75.0 Å². The van der Waals surface area contributed by atoms with Crippen molar-refractivity contribution in [3.63, 3.8) is 0 Å². The van der Waals surface area contributed by atoms with Crippen LogP contribution in [0.4, 0.5) is 0 Å². The van der Waals surface area contributed by atoms with Gasteiger partial charge in [-0.05, 0) is 19.4 Å². The maximum absolute atomic E-state index is 10.7. The number of aromatic nitrogens is 1. The third kappa shape index (κ3) is 1.41. The highest BCUT2D eigenvalue weighted by Crippen LogP contribution is 2.19. The summed E-state index contributed by atoms with van der Waals surface area (Å²) < 4.78 is 0. The number of hydrogen-bond donors (Lipinski definition) is 1. The highest BCUT2D eigenvalue weighted by atomic mass is 35.5. The molecule has 3 nitrogen and oxygen atoms in total. The van der Waals surface area contributed by atoms with E-state index in [4.69, 9.17) is 16.7 Å². The molecular formula is C8H8ClNO2. The van der Waals surface area contributed by atoms with Gasteiger partial charge in [0, 0.05) is 6.20 Å². The minimum Gasteiger partial charge on any atom is -0.478 e.